The molecule has 6 nitrogen and oxygen atoms in total. The summed E-state index contributed by atoms with van der Waals surface area (Å²) in [4.78, 5) is 14.9. The zero-order chi connectivity index (χ0) is 27.5. The van der Waals surface area contributed by atoms with Crippen LogP contribution in [-0.2, 0) is 12.5 Å². The van der Waals surface area contributed by atoms with Gasteiger partial charge in [0.05, 0.1) is 24.0 Å². The second-order valence-electron chi connectivity index (χ2n) is 10.2. The number of hydrogen-bond acceptors (Lipinski definition) is 4. The molecule has 0 saturated carbocycles. The van der Waals surface area contributed by atoms with Crippen molar-refractivity contribution in [2.75, 3.05) is 23.4 Å². The highest BCUT2D eigenvalue weighted by molar-refractivity contribution is 8.16. The van der Waals surface area contributed by atoms with Crippen molar-refractivity contribution >= 4 is 43.7 Å². The molecule has 2 N–H and O–H groups in total. The van der Waals surface area contributed by atoms with Gasteiger partial charge < -0.3 is 24.1 Å². The number of nitrogens with one attached hydrogen (secondary N) is 2. The van der Waals surface area contributed by atoms with Crippen molar-refractivity contribution in [3.8, 4) is 11.5 Å². The molecule has 3 aromatic rings. The van der Waals surface area contributed by atoms with Gasteiger partial charge in [-0.3, -0.25) is 4.79 Å². The highest BCUT2D eigenvalue weighted by Crippen LogP contribution is 2.41. The summed E-state index contributed by atoms with van der Waals surface area (Å²) in [6, 6.07) is 11.8. The molecule has 7 heteroatoms. The molecule has 1 heterocycles. The summed E-state index contributed by atoms with van der Waals surface area (Å²) in [7, 11) is 3.34. The van der Waals surface area contributed by atoms with Crippen LogP contribution in [0.1, 0.15) is 57.6 Å². The second-order valence-corrected chi connectivity index (χ2v) is 12.3. The lowest BCUT2D eigenvalue weighted by atomic mass is 9.86. The molecule has 198 valence electrons. The molecular weight excluding hydrogens is 482 g/mol. The van der Waals surface area contributed by atoms with Crippen LogP contribution in [0.2, 0.25) is 0 Å². The zero-order valence-corrected chi connectivity index (χ0v) is 24.2. The zero-order valence-electron chi connectivity index (χ0n) is 23.4. The monoisotopic (exact) mass is 521 g/mol. The Morgan fingerprint density at radius 2 is 1.78 bits per heavy atom. The number of methoxy groups -OCH3 is 1. The maximum Gasteiger partial charge on any atom is 0.272 e. The third kappa shape index (κ3) is 6.28. The number of ether oxygens (including phenoxy) is 2. The van der Waals surface area contributed by atoms with Crippen LogP contribution in [-0.4, -0.2) is 28.7 Å². The predicted molar refractivity (Wildman–Crippen MR) is 161 cm³/mol. The average Bonchev–Trinajstić information content (AvgIpc) is 3.16. The fourth-order valence-electron chi connectivity index (χ4n) is 3.96. The van der Waals surface area contributed by atoms with E-state index in [9.17, 15) is 4.79 Å². The van der Waals surface area contributed by atoms with Gasteiger partial charge in [0.25, 0.3) is 5.91 Å². The first kappa shape index (κ1) is 28.1. The summed E-state index contributed by atoms with van der Waals surface area (Å²) in [6.07, 6.45) is 5.62. The van der Waals surface area contributed by atoms with E-state index >= 15 is 0 Å². The minimum Gasteiger partial charge on any atom is -0.492 e. The Morgan fingerprint density at radius 3 is 2.38 bits per heavy atom. The van der Waals surface area contributed by atoms with E-state index in [2.05, 4.69) is 63.6 Å². The quantitative estimate of drug-likeness (QED) is 0.182. The minimum atomic E-state index is -0.230. The van der Waals surface area contributed by atoms with E-state index in [1.165, 1.54) is 4.86 Å². The summed E-state index contributed by atoms with van der Waals surface area (Å²) < 4.78 is 17.3. The Balaban J connectivity index is 2.09. The van der Waals surface area contributed by atoms with Crippen molar-refractivity contribution < 1.29 is 14.3 Å². The highest BCUT2D eigenvalue weighted by Gasteiger charge is 2.23. The number of anilines is 2. The maximum absolute atomic E-state index is 13.6. The summed E-state index contributed by atoms with van der Waals surface area (Å²) in [5.74, 6) is 1.77. The molecule has 0 fully saturated rings. The fourth-order valence-corrected chi connectivity index (χ4v) is 4.64. The van der Waals surface area contributed by atoms with Crippen LogP contribution in [0.3, 0.4) is 0 Å². The predicted octanol–water partition coefficient (Wildman–Crippen LogP) is 7.64. The molecule has 0 radical (unpaired) electrons. The van der Waals surface area contributed by atoms with Gasteiger partial charge in [0.1, 0.15) is 11.5 Å². The molecule has 0 bridgehead atoms. The number of amides is 1. The van der Waals surface area contributed by atoms with Gasteiger partial charge in [-0.15, -0.1) is 10.7 Å². The molecule has 2 aromatic carbocycles. The van der Waals surface area contributed by atoms with Gasteiger partial charge in [-0.2, -0.15) is 0 Å². The Bertz CT molecular complexity index is 1400. The fraction of sp³-hybridized carbons (Fsp3) is 0.333. The topological polar surface area (TPSA) is 64.5 Å². The van der Waals surface area contributed by atoms with E-state index in [1.54, 1.807) is 19.3 Å². The lowest BCUT2D eigenvalue weighted by Crippen LogP contribution is -2.18. The Kier molecular flexibility index (Phi) is 8.59. The molecule has 37 heavy (non-hydrogen) atoms. The molecule has 0 aliphatic rings. The first-order valence-electron chi connectivity index (χ1n) is 12.2. The molecule has 3 rings (SSSR count). The third-order valence-corrected chi connectivity index (χ3v) is 7.91. The SMILES string of the molecule is C=C/C=C(\C)Oc1cccc2cc(C(=O)Nc3cc(C(C)(C)C)cc(NS(C)=C(C)C)c3OC)n(C)c12. The molecule has 1 amide bonds. The van der Waals surface area contributed by atoms with E-state index in [0.29, 0.717) is 28.6 Å². The Hall–Kier alpha value is -3.45. The highest BCUT2D eigenvalue weighted by atomic mass is 32.2. The van der Waals surface area contributed by atoms with Crippen molar-refractivity contribution in [2.24, 2.45) is 7.05 Å². The number of rotatable bonds is 8. The average molecular weight is 522 g/mol. The van der Waals surface area contributed by atoms with E-state index in [4.69, 9.17) is 9.47 Å². The van der Waals surface area contributed by atoms with Crippen molar-refractivity contribution in [3.63, 3.8) is 0 Å². The molecule has 1 unspecified atom stereocenters. The van der Waals surface area contributed by atoms with Gasteiger partial charge in [0.2, 0.25) is 0 Å². The normalized spacial score (nSPS) is 12.7. The van der Waals surface area contributed by atoms with Crippen LogP contribution in [0.5, 0.6) is 11.5 Å². The van der Waals surface area contributed by atoms with E-state index in [1.807, 2.05) is 48.9 Å². The molecule has 1 atom stereocenters. The molecular formula is C30H39N3O3S. The van der Waals surface area contributed by atoms with Gasteiger partial charge in [-0.05, 0) is 73.2 Å². The van der Waals surface area contributed by atoms with Crippen molar-refractivity contribution in [1.82, 2.24) is 4.57 Å². The standard InChI is InChI=1S/C30H39N3O3S/c1-11-13-20(4)36-26-15-12-14-21-16-25(33(8)27(21)26)29(34)31-23-17-22(30(5,6)7)18-24(28(23)35-9)32-37(10)19(2)3/h11-18,32H,1H2,2-10H3,(H,31,34)/b20-13+. The molecule has 0 aliphatic heterocycles. The van der Waals surface area contributed by atoms with Crippen LogP contribution in [0, 0.1) is 0 Å². The van der Waals surface area contributed by atoms with Gasteiger partial charge >= 0.3 is 0 Å². The van der Waals surface area contributed by atoms with Crippen LogP contribution < -0.4 is 19.5 Å². The van der Waals surface area contributed by atoms with Crippen LogP contribution >= 0.6 is 10.7 Å². The number of aryl methyl sites for hydroxylation is 1. The number of fused-ring (bicyclic) bond motifs is 1. The van der Waals surface area contributed by atoms with E-state index in [-0.39, 0.29) is 22.0 Å². The number of carbonyl (C=O) groups excluding carboxylic acids is 1. The first-order valence-corrected chi connectivity index (χ1v) is 13.8. The van der Waals surface area contributed by atoms with Crippen molar-refractivity contribution in [3.05, 3.63) is 72.1 Å². The number of benzene rings is 2. The van der Waals surface area contributed by atoms with Gasteiger partial charge in [-0.1, -0.05) is 45.6 Å². The number of hydrogen-bond donors (Lipinski definition) is 2. The molecule has 0 saturated heterocycles. The smallest absolute Gasteiger partial charge is 0.272 e. The van der Waals surface area contributed by atoms with Crippen LogP contribution in [0.4, 0.5) is 11.4 Å². The largest absolute Gasteiger partial charge is 0.492 e. The van der Waals surface area contributed by atoms with Crippen LogP contribution in [0.25, 0.3) is 10.9 Å². The number of aromatic nitrogens is 1. The van der Waals surface area contributed by atoms with E-state index in [0.717, 1.165) is 22.2 Å². The Labute approximate surface area is 223 Å². The van der Waals surface area contributed by atoms with Crippen LogP contribution in [0.15, 0.2) is 60.9 Å². The first-order chi connectivity index (χ1) is 17.4. The lowest BCUT2D eigenvalue weighted by molar-refractivity contribution is 0.101. The number of allylic oxidation sites excluding steroid dienone is 3. The summed E-state index contributed by atoms with van der Waals surface area (Å²) in [6.45, 7) is 16.3. The van der Waals surface area contributed by atoms with Crippen molar-refractivity contribution in [1.29, 1.82) is 0 Å². The second kappa shape index (κ2) is 11.3. The van der Waals surface area contributed by atoms with Crippen molar-refractivity contribution in [2.45, 2.75) is 47.0 Å². The molecule has 0 spiro atoms. The summed E-state index contributed by atoms with van der Waals surface area (Å²) in [5.41, 5.74) is 3.80. The number of nitrogens with zero attached hydrogens (tertiary/aromatic N) is 1. The lowest BCUT2D eigenvalue weighted by Gasteiger charge is -2.24. The number of para-hydroxylation sites is 1. The van der Waals surface area contributed by atoms with E-state index < -0.39 is 0 Å². The molecule has 1 aromatic heterocycles. The molecule has 0 aliphatic carbocycles. The maximum atomic E-state index is 13.6. The minimum absolute atomic E-state index is 0.123. The number of carbonyl (C=O) groups is 1. The summed E-state index contributed by atoms with van der Waals surface area (Å²) >= 11 is 0. The summed E-state index contributed by atoms with van der Waals surface area (Å²) in [5, 5.41) is 4.04. The van der Waals surface area contributed by atoms with Gasteiger partial charge in [-0.25, -0.2) is 0 Å². The Morgan fingerprint density at radius 1 is 1.11 bits per heavy atom. The van der Waals surface area contributed by atoms with Gasteiger partial charge in [0, 0.05) is 12.4 Å². The van der Waals surface area contributed by atoms with Gasteiger partial charge in [0.15, 0.2) is 11.5 Å². The third-order valence-electron chi connectivity index (χ3n) is 6.16.